The molecule has 1 saturated carbocycles. The van der Waals surface area contributed by atoms with E-state index in [0.717, 1.165) is 24.8 Å². The summed E-state index contributed by atoms with van der Waals surface area (Å²) in [7, 11) is 0. The van der Waals surface area contributed by atoms with Gasteiger partial charge in [-0.1, -0.05) is 35.7 Å². The Bertz CT molecular complexity index is 445. The Balaban J connectivity index is 1.88. The van der Waals surface area contributed by atoms with Gasteiger partial charge in [-0.3, -0.25) is 4.79 Å². The Morgan fingerprint density at radius 2 is 2.00 bits per heavy atom. The van der Waals surface area contributed by atoms with Crippen molar-refractivity contribution in [3.63, 3.8) is 0 Å². The molecule has 2 rings (SSSR count). The van der Waals surface area contributed by atoms with Gasteiger partial charge in [0.25, 0.3) is 0 Å². The minimum atomic E-state index is -0.680. The van der Waals surface area contributed by atoms with Crippen LogP contribution < -0.4 is 5.32 Å². The zero-order chi connectivity index (χ0) is 13.8. The molecule has 2 N–H and O–H groups in total. The van der Waals surface area contributed by atoms with E-state index in [9.17, 15) is 4.79 Å². The summed E-state index contributed by atoms with van der Waals surface area (Å²) >= 11 is 12.2. The van der Waals surface area contributed by atoms with Crippen molar-refractivity contribution in [2.24, 2.45) is 11.8 Å². The number of hydrogen-bond donors (Lipinski definition) is 2. The van der Waals surface area contributed by atoms with Crippen LogP contribution in [0.4, 0.5) is 0 Å². The Kier molecular flexibility index (Phi) is 5.08. The van der Waals surface area contributed by atoms with Crippen LogP contribution in [0.25, 0.3) is 0 Å². The van der Waals surface area contributed by atoms with E-state index in [-0.39, 0.29) is 11.8 Å². The lowest BCUT2D eigenvalue weighted by Gasteiger charge is -2.17. The molecule has 1 aliphatic carbocycles. The van der Waals surface area contributed by atoms with Crippen molar-refractivity contribution in [2.75, 3.05) is 6.54 Å². The molecule has 0 spiro atoms. The molecular weight excluding hydrogens is 285 g/mol. The standard InChI is InChI=1S/C14H17Cl2NO2/c15-12-5-2-6-13(16)11(12)8-17-7-9-3-1-4-10(9)14(18)19/h2,5-6,9-10,17H,1,3-4,7-8H2,(H,18,19). The second-order valence-electron chi connectivity index (χ2n) is 4.97. The summed E-state index contributed by atoms with van der Waals surface area (Å²) in [4.78, 5) is 11.1. The van der Waals surface area contributed by atoms with E-state index in [1.807, 2.05) is 6.07 Å². The molecule has 1 aromatic carbocycles. The third-order valence-electron chi connectivity index (χ3n) is 3.75. The molecular formula is C14H17Cl2NO2. The normalized spacial score (nSPS) is 22.6. The van der Waals surface area contributed by atoms with Crippen molar-refractivity contribution in [1.29, 1.82) is 0 Å². The molecule has 1 fully saturated rings. The van der Waals surface area contributed by atoms with Gasteiger partial charge in [-0.05, 0) is 37.4 Å². The first-order valence-electron chi connectivity index (χ1n) is 6.46. The Morgan fingerprint density at radius 3 is 2.63 bits per heavy atom. The zero-order valence-electron chi connectivity index (χ0n) is 10.5. The Morgan fingerprint density at radius 1 is 1.32 bits per heavy atom. The number of aliphatic carboxylic acids is 1. The van der Waals surface area contributed by atoms with Crippen LogP contribution in [0.3, 0.4) is 0 Å². The van der Waals surface area contributed by atoms with Gasteiger partial charge in [0.05, 0.1) is 5.92 Å². The average Bonchev–Trinajstić information content (AvgIpc) is 2.81. The van der Waals surface area contributed by atoms with E-state index < -0.39 is 5.97 Å². The molecule has 19 heavy (non-hydrogen) atoms. The predicted octanol–water partition coefficient (Wildman–Crippen LogP) is 3.58. The predicted molar refractivity (Wildman–Crippen MR) is 76.6 cm³/mol. The fourth-order valence-corrected chi connectivity index (χ4v) is 3.22. The summed E-state index contributed by atoms with van der Waals surface area (Å²) < 4.78 is 0. The molecule has 0 radical (unpaired) electrons. The first-order chi connectivity index (χ1) is 9.09. The molecule has 1 aliphatic rings. The van der Waals surface area contributed by atoms with Crippen molar-refractivity contribution in [1.82, 2.24) is 5.32 Å². The summed E-state index contributed by atoms with van der Waals surface area (Å²) in [6.07, 6.45) is 2.75. The second-order valence-corrected chi connectivity index (χ2v) is 5.78. The van der Waals surface area contributed by atoms with Gasteiger partial charge in [-0.2, -0.15) is 0 Å². The van der Waals surface area contributed by atoms with E-state index in [4.69, 9.17) is 28.3 Å². The van der Waals surface area contributed by atoms with Gasteiger partial charge in [0.15, 0.2) is 0 Å². The fraction of sp³-hybridized carbons (Fsp3) is 0.500. The lowest BCUT2D eigenvalue weighted by atomic mass is 9.96. The molecule has 0 aromatic heterocycles. The minimum Gasteiger partial charge on any atom is -0.481 e. The van der Waals surface area contributed by atoms with E-state index >= 15 is 0 Å². The summed E-state index contributed by atoms with van der Waals surface area (Å²) in [5, 5.41) is 13.7. The van der Waals surface area contributed by atoms with Crippen LogP contribution in [0, 0.1) is 11.8 Å². The fourth-order valence-electron chi connectivity index (χ4n) is 2.69. The molecule has 5 heteroatoms. The smallest absolute Gasteiger partial charge is 0.306 e. The van der Waals surface area contributed by atoms with Gasteiger partial charge in [-0.15, -0.1) is 0 Å². The Hall–Kier alpha value is -0.770. The first-order valence-corrected chi connectivity index (χ1v) is 7.21. The van der Waals surface area contributed by atoms with Crippen LogP contribution in [0.1, 0.15) is 24.8 Å². The molecule has 0 bridgehead atoms. The number of benzene rings is 1. The van der Waals surface area contributed by atoms with E-state index in [1.54, 1.807) is 12.1 Å². The summed E-state index contributed by atoms with van der Waals surface area (Å²) in [5.41, 5.74) is 0.871. The van der Waals surface area contributed by atoms with Crippen molar-refractivity contribution in [3.05, 3.63) is 33.8 Å². The minimum absolute atomic E-state index is 0.207. The average molecular weight is 302 g/mol. The molecule has 1 aromatic rings. The summed E-state index contributed by atoms with van der Waals surface area (Å²) in [6.45, 7) is 1.26. The van der Waals surface area contributed by atoms with E-state index in [0.29, 0.717) is 23.1 Å². The monoisotopic (exact) mass is 301 g/mol. The van der Waals surface area contributed by atoms with Crippen molar-refractivity contribution >= 4 is 29.2 Å². The Labute approximate surface area is 122 Å². The molecule has 0 aliphatic heterocycles. The summed E-state index contributed by atoms with van der Waals surface area (Å²) in [5.74, 6) is -0.687. The number of carbonyl (C=O) groups is 1. The summed E-state index contributed by atoms with van der Waals surface area (Å²) in [6, 6.07) is 5.42. The topological polar surface area (TPSA) is 49.3 Å². The van der Waals surface area contributed by atoms with Crippen molar-refractivity contribution in [2.45, 2.75) is 25.8 Å². The first kappa shape index (κ1) is 14.6. The van der Waals surface area contributed by atoms with Gasteiger partial charge >= 0.3 is 5.97 Å². The highest BCUT2D eigenvalue weighted by Gasteiger charge is 2.32. The van der Waals surface area contributed by atoms with Crippen LogP contribution in [-0.2, 0) is 11.3 Å². The number of carboxylic acid groups (broad SMARTS) is 1. The molecule has 0 saturated heterocycles. The largest absolute Gasteiger partial charge is 0.481 e. The van der Waals surface area contributed by atoms with Crippen molar-refractivity contribution < 1.29 is 9.90 Å². The van der Waals surface area contributed by atoms with Gasteiger partial charge < -0.3 is 10.4 Å². The van der Waals surface area contributed by atoms with E-state index in [1.165, 1.54) is 0 Å². The molecule has 0 heterocycles. The number of halogens is 2. The van der Waals surface area contributed by atoms with Crippen LogP contribution in [-0.4, -0.2) is 17.6 Å². The number of hydrogen-bond acceptors (Lipinski definition) is 2. The SMILES string of the molecule is O=C(O)C1CCCC1CNCc1c(Cl)cccc1Cl. The zero-order valence-corrected chi connectivity index (χ0v) is 12.0. The number of nitrogens with one attached hydrogen (secondary N) is 1. The lowest BCUT2D eigenvalue weighted by Crippen LogP contribution is -2.28. The van der Waals surface area contributed by atoms with Gasteiger partial charge in [0.2, 0.25) is 0 Å². The quantitative estimate of drug-likeness (QED) is 0.874. The van der Waals surface area contributed by atoms with Crippen molar-refractivity contribution in [3.8, 4) is 0 Å². The highest BCUT2D eigenvalue weighted by molar-refractivity contribution is 6.35. The van der Waals surface area contributed by atoms with Crippen LogP contribution >= 0.6 is 23.2 Å². The van der Waals surface area contributed by atoms with Crippen LogP contribution in [0.15, 0.2) is 18.2 Å². The van der Waals surface area contributed by atoms with Gasteiger partial charge in [0, 0.05) is 22.2 Å². The molecule has 0 amide bonds. The third-order valence-corrected chi connectivity index (χ3v) is 4.45. The highest BCUT2D eigenvalue weighted by atomic mass is 35.5. The lowest BCUT2D eigenvalue weighted by molar-refractivity contribution is -0.142. The molecule has 104 valence electrons. The molecule has 3 nitrogen and oxygen atoms in total. The van der Waals surface area contributed by atoms with Gasteiger partial charge in [0.1, 0.15) is 0 Å². The molecule has 2 atom stereocenters. The number of carboxylic acids is 1. The highest BCUT2D eigenvalue weighted by Crippen LogP contribution is 2.31. The molecule has 2 unspecified atom stereocenters. The van der Waals surface area contributed by atoms with E-state index in [2.05, 4.69) is 5.32 Å². The number of rotatable bonds is 5. The maximum Gasteiger partial charge on any atom is 0.306 e. The maximum absolute atomic E-state index is 11.1. The van der Waals surface area contributed by atoms with Crippen LogP contribution in [0.2, 0.25) is 10.0 Å². The van der Waals surface area contributed by atoms with Crippen LogP contribution in [0.5, 0.6) is 0 Å². The van der Waals surface area contributed by atoms with Gasteiger partial charge in [-0.25, -0.2) is 0 Å². The maximum atomic E-state index is 11.1. The third kappa shape index (κ3) is 3.62. The second kappa shape index (κ2) is 6.60.